The second-order valence-corrected chi connectivity index (χ2v) is 7.22. The van der Waals surface area contributed by atoms with Gasteiger partial charge < -0.3 is 5.32 Å². The molecule has 2 heterocycles. The number of hydrogen-bond acceptors (Lipinski definition) is 3. The van der Waals surface area contributed by atoms with E-state index in [1.165, 1.54) is 36.9 Å². The lowest BCUT2D eigenvalue weighted by atomic mass is 9.95. The Labute approximate surface area is 146 Å². The summed E-state index contributed by atoms with van der Waals surface area (Å²) < 4.78 is 0. The van der Waals surface area contributed by atoms with Gasteiger partial charge in [-0.25, -0.2) is 4.98 Å². The number of nitrogens with one attached hydrogen (secondary N) is 1. The van der Waals surface area contributed by atoms with Gasteiger partial charge in [0, 0.05) is 25.3 Å². The molecule has 0 bridgehead atoms. The van der Waals surface area contributed by atoms with Crippen molar-refractivity contribution in [2.75, 3.05) is 18.4 Å². The van der Waals surface area contributed by atoms with Crippen molar-refractivity contribution in [3.05, 3.63) is 59.8 Å². The van der Waals surface area contributed by atoms with Crippen LogP contribution in [0.5, 0.6) is 0 Å². The van der Waals surface area contributed by atoms with E-state index in [-0.39, 0.29) is 0 Å². The normalized spacial score (nSPS) is 18.7. The maximum absolute atomic E-state index is 4.63. The van der Waals surface area contributed by atoms with Crippen molar-refractivity contribution in [1.29, 1.82) is 0 Å². The Morgan fingerprint density at radius 1 is 1.12 bits per heavy atom. The summed E-state index contributed by atoms with van der Waals surface area (Å²) in [6.45, 7) is 7.59. The number of rotatable bonds is 6. The van der Waals surface area contributed by atoms with Crippen molar-refractivity contribution in [3.8, 4) is 0 Å². The molecule has 0 aliphatic carbocycles. The fourth-order valence-corrected chi connectivity index (χ4v) is 3.39. The molecule has 1 aliphatic rings. The van der Waals surface area contributed by atoms with Crippen LogP contribution in [0.4, 0.5) is 5.82 Å². The van der Waals surface area contributed by atoms with Crippen LogP contribution in [-0.2, 0) is 6.54 Å². The van der Waals surface area contributed by atoms with Gasteiger partial charge in [-0.3, -0.25) is 4.90 Å². The lowest BCUT2D eigenvalue weighted by Crippen LogP contribution is -2.33. The van der Waals surface area contributed by atoms with Gasteiger partial charge in [-0.15, -0.1) is 0 Å². The van der Waals surface area contributed by atoms with Gasteiger partial charge in [-0.2, -0.15) is 0 Å². The maximum Gasteiger partial charge on any atom is 0.125 e. The van der Waals surface area contributed by atoms with E-state index in [0.717, 1.165) is 18.9 Å². The largest absolute Gasteiger partial charge is 0.370 e. The molecule has 0 radical (unpaired) electrons. The SMILES string of the molecule is CC(C)CNc1ccc([C@@H]2CCCCN2Cc2ccccc2)cn1. The molecule has 1 atom stereocenters. The predicted octanol–water partition coefficient (Wildman–Crippen LogP) is 4.88. The zero-order chi connectivity index (χ0) is 16.8. The van der Waals surface area contributed by atoms with E-state index in [1.807, 2.05) is 0 Å². The standard InChI is InChI=1S/C21H29N3/c1-17(2)14-22-21-12-11-19(15-23-21)20-10-6-7-13-24(20)16-18-8-4-3-5-9-18/h3-5,8-9,11-12,15,17,20H,6-7,10,13-14,16H2,1-2H3,(H,22,23)/t20-/m0/s1. The molecule has 3 heteroatoms. The summed E-state index contributed by atoms with van der Waals surface area (Å²) in [6.07, 6.45) is 5.90. The van der Waals surface area contributed by atoms with Crippen LogP contribution in [0, 0.1) is 5.92 Å². The number of likely N-dealkylation sites (tertiary alicyclic amines) is 1. The molecule has 1 aromatic carbocycles. The van der Waals surface area contributed by atoms with Gasteiger partial charge >= 0.3 is 0 Å². The van der Waals surface area contributed by atoms with E-state index < -0.39 is 0 Å². The summed E-state index contributed by atoms with van der Waals surface area (Å²) >= 11 is 0. The van der Waals surface area contributed by atoms with Gasteiger partial charge in [0.15, 0.2) is 0 Å². The number of anilines is 1. The minimum Gasteiger partial charge on any atom is -0.370 e. The topological polar surface area (TPSA) is 28.2 Å². The predicted molar refractivity (Wildman–Crippen MR) is 101 cm³/mol. The third-order valence-electron chi connectivity index (χ3n) is 4.70. The van der Waals surface area contributed by atoms with Crippen molar-refractivity contribution < 1.29 is 0 Å². The van der Waals surface area contributed by atoms with Crippen LogP contribution < -0.4 is 5.32 Å². The Kier molecular flexibility index (Phi) is 5.86. The monoisotopic (exact) mass is 323 g/mol. The van der Waals surface area contributed by atoms with Crippen LogP contribution in [0.2, 0.25) is 0 Å². The molecule has 3 rings (SSSR count). The second-order valence-electron chi connectivity index (χ2n) is 7.22. The lowest BCUT2D eigenvalue weighted by molar-refractivity contribution is 0.140. The van der Waals surface area contributed by atoms with Crippen LogP contribution in [0.25, 0.3) is 0 Å². The minimum absolute atomic E-state index is 0.491. The summed E-state index contributed by atoms with van der Waals surface area (Å²) in [5.74, 6) is 1.61. The highest BCUT2D eigenvalue weighted by atomic mass is 15.2. The van der Waals surface area contributed by atoms with Crippen LogP contribution in [0.15, 0.2) is 48.7 Å². The molecular weight excluding hydrogens is 294 g/mol. The average molecular weight is 323 g/mol. The summed E-state index contributed by atoms with van der Waals surface area (Å²) in [4.78, 5) is 7.24. The van der Waals surface area contributed by atoms with E-state index in [9.17, 15) is 0 Å². The molecule has 3 nitrogen and oxygen atoms in total. The van der Waals surface area contributed by atoms with Crippen LogP contribution in [-0.4, -0.2) is 23.0 Å². The molecule has 1 N–H and O–H groups in total. The molecule has 1 aliphatic heterocycles. The van der Waals surface area contributed by atoms with Gasteiger partial charge in [0.2, 0.25) is 0 Å². The molecule has 1 aromatic heterocycles. The molecular formula is C21H29N3. The Morgan fingerprint density at radius 3 is 2.67 bits per heavy atom. The molecule has 0 unspecified atom stereocenters. The molecule has 128 valence electrons. The van der Waals surface area contributed by atoms with Gasteiger partial charge in [-0.1, -0.05) is 56.7 Å². The van der Waals surface area contributed by atoms with Crippen LogP contribution in [0.3, 0.4) is 0 Å². The summed E-state index contributed by atoms with van der Waals surface area (Å²) in [6, 6.07) is 15.7. The molecule has 24 heavy (non-hydrogen) atoms. The Bertz CT molecular complexity index is 607. The number of hydrogen-bond donors (Lipinski definition) is 1. The fourth-order valence-electron chi connectivity index (χ4n) is 3.39. The van der Waals surface area contributed by atoms with Crippen molar-refractivity contribution in [3.63, 3.8) is 0 Å². The molecule has 1 fully saturated rings. The zero-order valence-corrected chi connectivity index (χ0v) is 14.9. The van der Waals surface area contributed by atoms with E-state index in [0.29, 0.717) is 12.0 Å². The first-order chi connectivity index (χ1) is 11.7. The number of aromatic nitrogens is 1. The molecule has 1 saturated heterocycles. The highest BCUT2D eigenvalue weighted by molar-refractivity contribution is 5.36. The highest BCUT2D eigenvalue weighted by Crippen LogP contribution is 2.32. The van der Waals surface area contributed by atoms with Crippen molar-refractivity contribution in [2.24, 2.45) is 5.92 Å². The summed E-state index contributed by atoms with van der Waals surface area (Å²) in [7, 11) is 0. The minimum atomic E-state index is 0.491. The first kappa shape index (κ1) is 17.0. The Hall–Kier alpha value is -1.87. The number of pyridine rings is 1. The maximum atomic E-state index is 4.63. The van der Waals surface area contributed by atoms with Crippen molar-refractivity contribution in [2.45, 2.75) is 45.7 Å². The fraction of sp³-hybridized carbons (Fsp3) is 0.476. The second kappa shape index (κ2) is 8.29. The van der Waals surface area contributed by atoms with Crippen molar-refractivity contribution >= 4 is 5.82 Å². The third-order valence-corrected chi connectivity index (χ3v) is 4.70. The number of benzene rings is 1. The summed E-state index contributed by atoms with van der Waals surface area (Å²) in [5.41, 5.74) is 2.74. The average Bonchev–Trinajstić information content (AvgIpc) is 2.62. The van der Waals surface area contributed by atoms with Gasteiger partial charge in [0.1, 0.15) is 5.82 Å². The number of piperidine rings is 1. The van der Waals surface area contributed by atoms with E-state index in [4.69, 9.17) is 0 Å². The first-order valence-corrected chi connectivity index (χ1v) is 9.20. The molecule has 0 amide bonds. The van der Waals surface area contributed by atoms with E-state index in [1.54, 1.807) is 0 Å². The lowest BCUT2D eigenvalue weighted by Gasteiger charge is -2.36. The van der Waals surface area contributed by atoms with E-state index in [2.05, 4.69) is 77.7 Å². The van der Waals surface area contributed by atoms with Gasteiger partial charge in [0.05, 0.1) is 0 Å². The highest BCUT2D eigenvalue weighted by Gasteiger charge is 2.24. The van der Waals surface area contributed by atoms with E-state index >= 15 is 0 Å². The zero-order valence-electron chi connectivity index (χ0n) is 14.9. The quantitative estimate of drug-likeness (QED) is 0.821. The summed E-state index contributed by atoms with van der Waals surface area (Å²) in [5, 5.41) is 3.40. The first-order valence-electron chi connectivity index (χ1n) is 9.20. The smallest absolute Gasteiger partial charge is 0.125 e. The van der Waals surface area contributed by atoms with Crippen LogP contribution >= 0.6 is 0 Å². The molecule has 0 spiro atoms. The van der Waals surface area contributed by atoms with Gasteiger partial charge in [-0.05, 0) is 42.5 Å². The Balaban J connectivity index is 1.68. The van der Waals surface area contributed by atoms with Crippen molar-refractivity contribution in [1.82, 2.24) is 9.88 Å². The molecule has 2 aromatic rings. The third kappa shape index (κ3) is 4.57. The van der Waals surface area contributed by atoms with Gasteiger partial charge in [0.25, 0.3) is 0 Å². The molecule has 0 saturated carbocycles. The van der Waals surface area contributed by atoms with Crippen LogP contribution in [0.1, 0.15) is 50.3 Å². The number of nitrogens with zero attached hydrogens (tertiary/aromatic N) is 2. The Morgan fingerprint density at radius 2 is 1.96 bits per heavy atom.